The Balaban J connectivity index is 2.12. The Bertz CT molecular complexity index is 872. The number of benzene rings is 3. The van der Waals surface area contributed by atoms with Gasteiger partial charge in [0.15, 0.2) is 0 Å². The fraction of sp³-hybridized carbons (Fsp3) is 0.238. The molecule has 0 unspecified atom stereocenters. The van der Waals surface area contributed by atoms with Crippen LogP contribution in [-0.4, -0.2) is 5.11 Å². The van der Waals surface area contributed by atoms with Gasteiger partial charge in [-0.05, 0) is 70.1 Å². The van der Waals surface area contributed by atoms with Gasteiger partial charge in [-0.2, -0.15) is 0 Å². The number of phenolic OH excluding ortho intramolecular Hbond substituents is 1. The minimum atomic E-state index is 0.103. The Hall–Kier alpha value is -2.28. The van der Waals surface area contributed by atoms with Crippen LogP contribution in [0.3, 0.4) is 0 Å². The van der Waals surface area contributed by atoms with Gasteiger partial charge >= 0.3 is 0 Å². The predicted octanol–water partition coefficient (Wildman–Crippen LogP) is 5.63. The molecule has 3 aromatic carbocycles. The maximum atomic E-state index is 9.80. The lowest BCUT2D eigenvalue weighted by Gasteiger charge is -2.29. The van der Waals surface area contributed by atoms with Crippen LogP contribution in [0.5, 0.6) is 5.75 Å². The molecule has 0 radical (unpaired) electrons. The van der Waals surface area contributed by atoms with E-state index < -0.39 is 0 Å². The van der Waals surface area contributed by atoms with Crippen molar-refractivity contribution in [1.82, 2.24) is 0 Å². The SMILES string of the molecule is CCC1(CC)c2ccccc2-c2cc3ccc(O)cc3cc21. The molecule has 0 bridgehead atoms. The molecule has 0 saturated carbocycles. The first-order valence-electron chi connectivity index (χ1n) is 8.07. The zero-order valence-electron chi connectivity index (χ0n) is 13.1. The van der Waals surface area contributed by atoms with E-state index >= 15 is 0 Å². The standard InChI is InChI=1S/C21H20O/c1-3-21(4-2)19-8-6-5-7-17(19)18-12-14-9-10-16(22)11-15(14)13-20(18)21/h5-13,22H,3-4H2,1-2H3. The first kappa shape index (κ1) is 13.4. The minimum Gasteiger partial charge on any atom is -0.508 e. The number of phenols is 1. The van der Waals surface area contributed by atoms with Crippen molar-refractivity contribution in [2.45, 2.75) is 32.1 Å². The second-order valence-corrected chi connectivity index (χ2v) is 6.26. The van der Waals surface area contributed by atoms with Crippen molar-refractivity contribution in [3.05, 3.63) is 65.7 Å². The van der Waals surface area contributed by atoms with Gasteiger partial charge in [0.2, 0.25) is 0 Å². The van der Waals surface area contributed by atoms with Gasteiger partial charge in [0.1, 0.15) is 5.75 Å². The molecule has 0 aliphatic heterocycles. The highest BCUT2D eigenvalue weighted by Crippen LogP contribution is 2.53. The molecule has 4 rings (SSSR count). The molecule has 0 atom stereocenters. The van der Waals surface area contributed by atoms with Crippen molar-refractivity contribution in [1.29, 1.82) is 0 Å². The molecular weight excluding hydrogens is 268 g/mol. The van der Waals surface area contributed by atoms with E-state index in [0.717, 1.165) is 18.2 Å². The first-order valence-corrected chi connectivity index (χ1v) is 8.07. The normalized spacial score (nSPS) is 14.8. The Labute approximate surface area is 131 Å². The molecule has 1 aliphatic rings. The molecule has 1 aliphatic carbocycles. The number of fused-ring (bicyclic) bond motifs is 4. The number of hydrogen-bond acceptors (Lipinski definition) is 1. The van der Waals surface area contributed by atoms with Crippen LogP contribution in [0.25, 0.3) is 21.9 Å². The van der Waals surface area contributed by atoms with Crippen LogP contribution in [0.4, 0.5) is 0 Å². The minimum absolute atomic E-state index is 0.103. The summed E-state index contributed by atoms with van der Waals surface area (Å²) in [5, 5.41) is 12.1. The van der Waals surface area contributed by atoms with Crippen LogP contribution in [0.2, 0.25) is 0 Å². The molecule has 0 amide bonds. The van der Waals surface area contributed by atoms with E-state index in [1.54, 1.807) is 6.07 Å². The number of rotatable bonds is 2. The fourth-order valence-electron chi connectivity index (χ4n) is 4.20. The van der Waals surface area contributed by atoms with Gasteiger partial charge in [0.25, 0.3) is 0 Å². The van der Waals surface area contributed by atoms with Crippen LogP contribution in [-0.2, 0) is 5.41 Å². The van der Waals surface area contributed by atoms with E-state index in [-0.39, 0.29) is 5.41 Å². The van der Waals surface area contributed by atoms with Gasteiger partial charge in [-0.1, -0.05) is 44.2 Å². The van der Waals surface area contributed by atoms with E-state index in [4.69, 9.17) is 0 Å². The second kappa shape index (κ2) is 4.61. The summed E-state index contributed by atoms with van der Waals surface area (Å²) in [6.45, 7) is 4.56. The highest BCUT2D eigenvalue weighted by Gasteiger charge is 2.40. The summed E-state index contributed by atoms with van der Waals surface area (Å²) in [5.41, 5.74) is 5.70. The fourth-order valence-corrected chi connectivity index (χ4v) is 4.20. The van der Waals surface area contributed by atoms with Crippen molar-refractivity contribution in [3.8, 4) is 16.9 Å². The zero-order chi connectivity index (χ0) is 15.3. The summed E-state index contributed by atoms with van der Waals surface area (Å²) in [6, 6.07) is 19.0. The lowest BCUT2D eigenvalue weighted by Crippen LogP contribution is -2.22. The van der Waals surface area contributed by atoms with Gasteiger partial charge in [0.05, 0.1) is 0 Å². The molecule has 1 nitrogen and oxygen atoms in total. The van der Waals surface area contributed by atoms with E-state index in [1.807, 2.05) is 12.1 Å². The van der Waals surface area contributed by atoms with Crippen LogP contribution >= 0.6 is 0 Å². The Morgan fingerprint density at radius 1 is 0.773 bits per heavy atom. The van der Waals surface area contributed by atoms with Crippen molar-refractivity contribution in [3.63, 3.8) is 0 Å². The lowest BCUT2D eigenvalue weighted by atomic mass is 9.73. The highest BCUT2D eigenvalue weighted by atomic mass is 16.3. The van der Waals surface area contributed by atoms with Gasteiger partial charge < -0.3 is 5.11 Å². The lowest BCUT2D eigenvalue weighted by molar-refractivity contribution is 0.476. The van der Waals surface area contributed by atoms with Crippen LogP contribution < -0.4 is 0 Å². The molecule has 0 aromatic heterocycles. The van der Waals surface area contributed by atoms with Gasteiger partial charge in [-0.3, -0.25) is 0 Å². The smallest absolute Gasteiger partial charge is 0.116 e. The van der Waals surface area contributed by atoms with Crippen LogP contribution in [0.15, 0.2) is 54.6 Å². The summed E-state index contributed by atoms with van der Waals surface area (Å²) in [6.07, 6.45) is 2.19. The molecule has 1 heteroatoms. The summed E-state index contributed by atoms with van der Waals surface area (Å²) < 4.78 is 0. The average molecular weight is 288 g/mol. The molecule has 0 heterocycles. The topological polar surface area (TPSA) is 20.2 Å². The molecular formula is C21H20O. The van der Waals surface area contributed by atoms with Crippen molar-refractivity contribution < 1.29 is 5.11 Å². The van der Waals surface area contributed by atoms with Crippen molar-refractivity contribution >= 4 is 10.8 Å². The van der Waals surface area contributed by atoms with E-state index in [1.165, 1.54) is 27.6 Å². The van der Waals surface area contributed by atoms with E-state index in [9.17, 15) is 5.11 Å². The highest BCUT2D eigenvalue weighted by molar-refractivity contribution is 5.94. The van der Waals surface area contributed by atoms with Crippen LogP contribution in [0, 0.1) is 0 Å². The van der Waals surface area contributed by atoms with Gasteiger partial charge in [0, 0.05) is 5.41 Å². The molecule has 22 heavy (non-hydrogen) atoms. The Morgan fingerprint density at radius 2 is 1.55 bits per heavy atom. The van der Waals surface area contributed by atoms with Gasteiger partial charge in [-0.15, -0.1) is 0 Å². The quantitative estimate of drug-likeness (QED) is 0.647. The molecule has 110 valence electrons. The third-order valence-electron chi connectivity index (χ3n) is 5.42. The molecule has 3 aromatic rings. The third kappa shape index (κ3) is 1.60. The van der Waals surface area contributed by atoms with Crippen LogP contribution in [0.1, 0.15) is 37.8 Å². The Morgan fingerprint density at radius 3 is 2.32 bits per heavy atom. The number of aromatic hydroxyl groups is 1. The van der Waals surface area contributed by atoms with E-state index in [0.29, 0.717) is 5.75 Å². The largest absolute Gasteiger partial charge is 0.508 e. The number of hydrogen-bond donors (Lipinski definition) is 1. The average Bonchev–Trinajstić information content (AvgIpc) is 2.82. The van der Waals surface area contributed by atoms with Crippen molar-refractivity contribution in [2.24, 2.45) is 0 Å². The summed E-state index contributed by atoms with van der Waals surface area (Å²) >= 11 is 0. The second-order valence-electron chi connectivity index (χ2n) is 6.26. The zero-order valence-corrected chi connectivity index (χ0v) is 13.1. The first-order chi connectivity index (χ1) is 10.7. The van der Waals surface area contributed by atoms with E-state index in [2.05, 4.69) is 50.2 Å². The summed E-state index contributed by atoms with van der Waals surface area (Å²) in [4.78, 5) is 0. The maximum Gasteiger partial charge on any atom is 0.116 e. The molecule has 0 saturated heterocycles. The summed E-state index contributed by atoms with van der Waals surface area (Å²) in [7, 11) is 0. The van der Waals surface area contributed by atoms with Crippen molar-refractivity contribution in [2.75, 3.05) is 0 Å². The molecule has 0 spiro atoms. The predicted molar refractivity (Wildman–Crippen MR) is 92.4 cm³/mol. The molecule has 1 N–H and O–H groups in total. The third-order valence-corrected chi connectivity index (χ3v) is 5.42. The molecule has 0 fully saturated rings. The monoisotopic (exact) mass is 288 g/mol. The Kier molecular flexibility index (Phi) is 2.80. The maximum absolute atomic E-state index is 9.80. The van der Waals surface area contributed by atoms with Gasteiger partial charge in [-0.25, -0.2) is 0 Å². The summed E-state index contributed by atoms with van der Waals surface area (Å²) in [5.74, 6) is 0.335.